The highest BCUT2D eigenvalue weighted by Crippen LogP contribution is 2.26. The molecule has 0 bridgehead atoms. The summed E-state index contributed by atoms with van der Waals surface area (Å²) in [7, 11) is 0. The van der Waals surface area contributed by atoms with Crippen molar-refractivity contribution in [2.75, 3.05) is 18.4 Å². The summed E-state index contributed by atoms with van der Waals surface area (Å²) < 4.78 is 10.4. The summed E-state index contributed by atoms with van der Waals surface area (Å²) in [6.07, 6.45) is 5.41. The van der Waals surface area contributed by atoms with Crippen LogP contribution in [-0.4, -0.2) is 48.3 Å². The van der Waals surface area contributed by atoms with Crippen LogP contribution in [0.5, 0.6) is 0 Å². The topological polar surface area (TPSA) is 93.0 Å². The van der Waals surface area contributed by atoms with E-state index in [1.807, 2.05) is 43.1 Å². The molecule has 0 aliphatic carbocycles. The minimum Gasteiger partial charge on any atom is -0.334 e. The van der Waals surface area contributed by atoms with Gasteiger partial charge < -0.3 is 10.2 Å². The summed E-state index contributed by atoms with van der Waals surface area (Å²) in [6.45, 7) is 4.96. The molecule has 1 aliphatic rings. The van der Waals surface area contributed by atoms with Gasteiger partial charge in [-0.25, -0.2) is 0 Å². The monoisotopic (exact) mass is 384 g/mol. The molecule has 1 saturated heterocycles. The quantitative estimate of drug-likeness (QED) is 0.685. The van der Waals surface area contributed by atoms with Crippen LogP contribution in [0.25, 0.3) is 11.0 Å². The van der Waals surface area contributed by atoms with Crippen LogP contribution in [0.3, 0.4) is 0 Å². The lowest BCUT2D eigenvalue weighted by Gasteiger charge is -2.31. The molecule has 2 aromatic heterocycles. The lowest BCUT2D eigenvalue weighted by Crippen LogP contribution is -2.44. The molecule has 0 saturated carbocycles. The zero-order valence-corrected chi connectivity index (χ0v) is 16.0. The van der Waals surface area contributed by atoms with Gasteiger partial charge in [0.1, 0.15) is 11.0 Å². The maximum atomic E-state index is 12.6. The van der Waals surface area contributed by atoms with E-state index in [4.69, 9.17) is 0 Å². The summed E-state index contributed by atoms with van der Waals surface area (Å²) in [4.78, 5) is 26.7. The van der Waals surface area contributed by atoms with E-state index < -0.39 is 11.8 Å². The molecule has 1 aromatic carbocycles. The maximum absolute atomic E-state index is 12.6. The zero-order chi connectivity index (χ0) is 19.0. The number of amides is 2. The molecule has 27 heavy (non-hydrogen) atoms. The molecule has 140 valence electrons. The molecule has 1 fully saturated rings. The number of rotatable bonds is 2. The van der Waals surface area contributed by atoms with Gasteiger partial charge in [0, 0.05) is 19.3 Å². The van der Waals surface area contributed by atoms with Crippen LogP contribution in [0.2, 0.25) is 0 Å². The van der Waals surface area contributed by atoms with E-state index in [0.29, 0.717) is 29.8 Å². The molecular weight excluding hydrogens is 364 g/mol. The van der Waals surface area contributed by atoms with Crippen LogP contribution in [0, 0.1) is 13.8 Å². The fourth-order valence-corrected chi connectivity index (χ4v) is 3.93. The molecule has 0 radical (unpaired) electrons. The molecule has 1 N–H and O–H groups in total. The van der Waals surface area contributed by atoms with E-state index in [1.54, 1.807) is 4.90 Å². The average Bonchev–Trinajstić information content (AvgIpc) is 3.32. The Morgan fingerprint density at radius 2 is 1.96 bits per heavy atom. The summed E-state index contributed by atoms with van der Waals surface area (Å²) in [6, 6.07) is 3.98. The van der Waals surface area contributed by atoms with Crippen LogP contribution in [0.4, 0.5) is 5.69 Å². The molecule has 3 aromatic rings. The molecule has 4 rings (SSSR count). The van der Waals surface area contributed by atoms with E-state index in [-0.39, 0.29) is 6.04 Å². The number of benzene rings is 1. The van der Waals surface area contributed by atoms with Crippen molar-refractivity contribution in [3.63, 3.8) is 0 Å². The van der Waals surface area contributed by atoms with E-state index in [2.05, 4.69) is 19.2 Å². The predicted octanol–water partition coefficient (Wildman–Crippen LogP) is 2.31. The van der Waals surface area contributed by atoms with E-state index in [1.165, 1.54) is 0 Å². The smallest absolute Gasteiger partial charge is 0.313 e. The van der Waals surface area contributed by atoms with Gasteiger partial charge in [0.15, 0.2) is 0 Å². The highest BCUT2D eigenvalue weighted by molar-refractivity contribution is 7.00. The summed E-state index contributed by atoms with van der Waals surface area (Å²) >= 11 is 1.08. The van der Waals surface area contributed by atoms with E-state index in [0.717, 1.165) is 35.7 Å². The van der Waals surface area contributed by atoms with Crippen LogP contribution < -0.4 is 5.32 Å². The summed E-state index contributed by atoms with van der Waals surface area (Å²) in [5.74, 6) is -1.14. The first-order chi connectivity index (χ1) is 13.0. The Kier molecular flexibility index (Phi) is 4.61. The Bertz CT molecular complexity index is 1000. The third kappa shape index (κ3) is 3.42. The Morgan fingerprint density at radius 1 is 1.19 bits per heavy atom. The second-order valence-electron chi connectivity index (χ2n) is 6.86. The number of hydrogen-bond donors (Lipinski definition) is 1. The zero-order valence-electron chi connectivity index (χ0n) is 15.2. The number of likely N-dealkylation sites (tertiary alicyclic amines) is 1. The van der Waals surface area contributed by atoms with Crippen LogP contribution >= 0.6 is 11.7 Å². The standard InChI is InChI=1S/C18H20N6O2S/c1-11-9-19-24(10-11)13-5-7-23(8-6-13)18(26)17(25)20-15-12(2)3-4-14-16(15)22-27-21-14/h3-4,9-10,13H,5-8H2,1-2H3,(H,20,25). The van der Waals surface area contributed by atoms with Crippen molar-refractivity contribution in [3.8, 4) is 0 Å². The number of anilines is 1. The number of piperidine rings is 1. The molecule has 0 spiro atoms. The molecular formula is C18H20N6O2S. The van der Waals surface area contributed by atoms with Gasteiger partial charge in [-0.15, -0.1) is 0 Å². The van der Waals surface area contributed by atoms with Gasteiger partial charge in [-0.2, -0.15) is 13.8 Å². The van der Waals surface area contributed by atoms with Gasteiger partial charge in [-0.3, -0.25) is 14.3 Å². The highest BCUT2D eigenvalue weighted by atomic mass is 32.1. The second-order valence-corrected chi connectivity index (χ2v) is 7.39. The number of carbonyl (C=O) groups is 2. The predicted molar refractivity (Wildman–Crippen MR) is 103 cm³/mol. The van der Waals surface area contributed by atoms with Crippen LogP contribution in [0.15, 0.2) is 24.5 Å². The van der Waals surface area contributed by atoms with Crippen LogP contribution in [0.1, 0.15) is 30.0 Å². The highest BCUT2D eigenvalue weighted by Gasteiger charge is 2.28. The molecule has 8 nitrogen and oxygen atoms in total. The molecule has 0 atom stereocenters. The number of hydrogen-bond acceptors (Lipinski definition) is 6. The first-order valence-corrected chi connectivity index (χ1v) is 9.59. The van der Waals surface area contributed by atoms with E-state index >= 15 is 0 Å². The number of aryl methyl sites for hydroxylation is 2. The Balaban J connectivity index is 1.42. The number of aromatic nitrogens is 4. The third-order valence-electron chi connectivity index (χ3n) is 4.93. The number of nitrogens with zero attached hydrogens (tertiary/aromatic N) is 5. The van der Waals surface area contributed by atoms with Crippen molar-refractivity contribution < 1.29 is 9.59 Å². The first kappa shape index (κ1) is 17.6. The Morgan fingerprint density at radius 3 is 2.67 bits per heavy atom. The number of nitrogens with one attached hydrogen (secondary N) is 1. The molecule has 9 heteroatoms. The second kappa shape index (κ2) is 7.07. The third-order valence-corrected chi connectivity index (χ3v) is 5.47. The average molecular weight is 384 g/mol. The van der Waals surface area contributed by atoms with Gasteiger partial charge >= 0.3 is 11.8 Å². The lowest BCUT2D eigenvalue weighted by atomic mass is 10.1. The summed E-state index contributed by atoms with van der Waals surface area (Å²) in [5.41, 5.74) is 3.86. The minimum atomic E-state index is -0.632. The lowest BCUT2D eigenvalue weighted by molar-refractivity contribution is -0.144. The fraction of sp³-hybridized carbons (Fsp3) is 0.389. The maximum Gasteiger partial charge on any atom is 0.313 e. The Labute approximate surface area is 160 Å². The van der Waals surface area contributed by atoms with Gasteiger partial charge in [0.05, 0.1) is 29.7 Å². The number of carbonyl (C=O) groups excluding carboxylic acids is 2. The molecule has 3 heterocycles. The van der Waals surface area contributed by atoms with Crippen molar-refractivity contribution in [1.29, 1.82) is 0 Å². The molecule has 0 unspecified atom stereocenters. The van der Waals surface area contributed by atoms with Crippen molar-refractivity contribution in [2.45, 2.75) is 32.7 Å². The van der Waals surface area contributed by atoms with Crippen molar-refractivity contribution >= 4 is 40.3 Å². The normalized spacial score (nSPS) is 15.3. The molecule has 1 aliphatic heterocycles. The number of fused-ring (bicyclic) bond motifs is 1. The van der Waals surface area contributed by atoms with Crippen molar-refractivity contribution in [2.24, 2.45) is 0 Å². The van der Waals surface area contributed by atoms with Crippen LogP contribution in [-0.2, 0) is 9.59 Å². The first-order valence-electron chi connectivity index (χ1n) is 8.86. The fourth-order valence-electron chi connectivity index (χ4n) is 3.39. The Hall–Kier alpha value is -2.81. The van der Waals surface area contributed by atoms with Gasteiger partial charge in [-0.1, -0.05) is 6.07 Å². The van der Waals surface area contributed by atoms with Crippen molar-refractivity contribution in [1.82, 2.24) is 23.4 Å². The molecule has 2 amide bonds. The van der Waals surface area contributed by atoms with Gasteiger partial charge in [0.2, 0.25) is 0 Å². The SMILES string of the molecule is Cc1cnn(C2CCN(C(=O)C(=O)Nc3c(C)ccc4nsnc34)CC2)c1. The summed E-state index contributed by atoms with van der Waals surface area (Å²) in [5, 5.41) is 7.09. The minimum absolute atomic E-state index is 0.267. The van der Waals surface area contributed by atoms with Gasteiger partial charge in [0.25, 0.3) is 0 Å². The van der Waals surface area contributed by atoms with E-state index in [9.17, 15) is 9.59 Å². The van der Waals surface area contributed by atoms with Crippen molar-refractivity contribution in [3.05, 3.63) is 35.7 Å². The van der Waals surface area contributed by atoms with Gasteiger partial charge in [-0.05, 0) is 43.9 Å². The largest absolute Gasteiger partial charge is 0.334 e.